The number of hydrogen-bond donors (Lipinski definition) is 1. The lowest BCUT2D eigenvalue weighted by molar-refractivity contribution is 0.174. The zero-order valence-corrected chi connectivity index (χ0v) is 13.5. The van der Waals surface area contributed by atoms with Gasteiger partial charge in [0.1, 0.15) is 11.3 Å². The van der Waals surface area contributed by atoms with Gasteiger partial charge in [-0.05, 0) is 18.2 Å². The van der Waals surface area contributed by atoms with Crippen molar-refractivity contribution in [1.82, 2.24) is 0 Å². The molecule has 2 heterocycles. The van der Waals surface area contributed by atoms with Gasteiger partial charge >= 0.3 is 0 Å². The number of phenolic OH excluding ortho intramolecular Hbond substituents is 1. The van der Waals surface area contributed by atoms with E-state index in [0.29, 0.717) is 33.8 Å². The van der Waals surface area contributed by atoms with Crippen LogP contribution in [0.4, 0.5) is 0 Å². The molecule has 0 spiro atoms. The fourth-order valence-electron chi connectivity index (χ4n) is 2.72. The van der Waals surface area contributed by atoms with Crippen molar-refractivity contribution in [3.05, 3.63) is 40.6 Å². The van der Waals surface area contributed by atoms with Gasteiger partial charge in [0, 0.05) is 17.7 Å². The molecule has 2 aromatic carbocycles. The van der Waals surface area contributed by atoms with Gasteiger partial charge in [0.05, 0.1) is 19.6 Å². The highest BCUT2D eigenvalue weighted by Crippen LogP contribution is 2.41. The van der Waals surface area contributed by atoms with E-state index >= 15 is 0 Å². The Morgan fingerprint density at radius 1 is 0.960 bits per heavy atom. The Labute approximate surface area is 141 Å². The number of phenols is 1. The molecule has 0 unspecified atom stereocenters. The van der Waals surface area contributed by atoms with Crippen LogP contribution in [0.25, 0.3) is 22.3 Å². The summed E-state index contributed by atoms with van der Waals surface area (Å²) in [4.78, 5) is 12.5. The second-order valence-corrected chi connectivity index (χ2v) is 5.41. The normalized spacial score (nSPS) is 12.4. The summed E-state index contributed by atoms with van der Waals surface area (Å²) in [5.41, 5.74) is 0.682. The van der Waals surface area contributed by atoms with Crippen molar-refractivity contribution < 1.29 is 28.5 Å². The minimum Gasteiger partial charge on any atom is -0.502 e. The van der Waals surface area contributed by atoms with Crippen LogP contribution in [-0.4, -0.2) is 26.1 Å². The first-order chi connectivity index (χ1) is 12.1. The van der Waals surface area contributed by atoms with Gasteiger partial charge in [-0.25, -0.2) is 0 Å². The van der Waals surface area contributed by atoms with Crippen molar-refractivity contribution in [2.45, 2.75) is 0 Å². The molecule has 0 saturated carbocycles. The van der Waals surface area contributed by atoms with Crippen molar-refractivity contribution >= 4 is 11.0 Å². The molecular weight excluding hydrogens is 328 g/mol. The van der Waals surface area contributed by atoms with Gasteiger partial charge in [-0.3, -0.25) is 4.79 Å². The molecule has 25 heavy (non-hydrogen) atoms. The quantitative estimate of drug-likeness (QED) is 0.783. The lowest BCUT2D eigenvalue weighted by Gasteiger charge is -2.11. The maximum absolute atomic E-state index is 12.5. The second-order valence-electron chi connectivity index (χ2n) is 5.41. The highest BCUT2D eigenvalue weighted by atomic mass is 16.7. The van der Waals surface area contributed by atoms with Crippen LogP contribution in [0.3, 0.4) is 0 Å². The summed E-state index contributed by atoms with van der Waals surface area (Å²) in [6.45, 7) is 0.110. The molecule has 7 heteroatoms. The zero-order chi connectivity index (χ0) is 17.6. The molecule has 0 radical (unpaired) electrons. The standard InChI is InChI=1S/C18H14O7/c1-21-16-3-9(4-17(22-2)18(16)20)12-6-11(19)10-5-14-15(24-8-23-14)7-13(10)25-12/h3-7,20H,8H2,1-2H3. The molecule has 1 N–H and O–H groups in total. The molecule has 0 aliphatic carbocycles. The average molecular weight is 342 g/mol. The fourth-order valence-corrected chi connectivity index (χ4v) is 2.72. The first kappa shape index (κ1) is 15.2. The molecule has 0 saturated heterocycles. The third-order valence-corrected chi connectivity index (χ3v) is 3.99. The van der Waals surface area contributed by atoms with E-state index in [1.54, 1.807) is 24.3 Å². The summed E-state index contributed by atoms with van der Waals surface area (Å²) in [5, 5.41) is 10.4. The van der Waals surface area contributed by atoms with Crippen molar-refractivity contribution in [2.24, 2.45) is 0 Å². The smallest absolute Gasteiger partial charge is 0.231 e. The summed E-state index contributed by atoms with van der Waals surface area (Å²) >= 11 is 0. The van der Waals surface area contributed by atoms with E-state index in [4.69, 9.17) is 23.4 Å². The topological polar surface area (TPSA) is 87.4 Å². The van der Waals surface area contributed by atoms with Gasteiger partial charge in [0.2, 0.25) is 12.5 Å². The van der Waals surface area contributed by atoms with E-state index in [1.807, 2.05) is 0 Å². The van der Waals surface area contributed by atoms with Crippen LogP contribution < -0.4 is 24.4 Å². The Morgan fingerprint density at radius 2 is 1.60 bits per heavy atom. The number of aromatic hydroxyl groups is 1. The number of methoxy groups -OCH3 is 2. The van der Waals surface area contributed by atoms with Crippen LogP contribution >= 0.6 is 0 Å². The lowest BCUT2D eigenvalue weighted by Crippen LogP contribution is -2.00. The molecular formula is C18H14O7. The summed E-state index contributed by atoms with van der Waals surface area (Å²) in [7, 11) is 2.85. The average Bonchev–Trinajstić information content (AvgIpc) is 3.07. The molecule has 0 amide bonds. The van der Waals surface area contributed by atoms with Crippen LogP contribution in [0.15, 0.2) is 39.5 Å². The third kappa shape index (κ3) is 2.40. The van der Waals surface area contributed by atoms with E-state index in [1.165, 1.54) is 20.3 Å². The van der Waals surface area contributed by atoms with Gasteiger partial charge < -0.3 is 28.5 Å². The van der Waals surface area contributed by atoms with Crippen LogP contribution in [0, 0.1) is 0 Å². The van der Waals surface area contributed by atoms with Gasteiger partial charge in [0.15, 0.2) is 28.4 Å². The Kier molecular flexibility index (Phi) is 3.42. The van der Waals surface area contributed by atoms with Crippen molar-refractivity contribution in [1.29, 1.82) is 0 Å². The molecule has 1 aliphatic heterocycles. The van der Waals surface area contributed by atoms with Gasteiger partial charge in [-0.2, -0.15) is 0 Å². The third-order valence-electron chi connectivity index (χ3n) is 3.99. The van der Waals surface area contributed by atoms with Crippen molar-refractivity contribution in [3.8, 4) is 40.1 Å². The molecule has 128 valence electrons. The van der Waals surface area contributed by atoms with Crippen LogP contribution in [0.5, 0.6) is 28.7 Å². The highest BCUT2D eigenvalue weighted by molar-refractivity contribution is 5.83. The summed E-state index contributed by atoms with van der Waals surface area (Å²) < 4.78 is 26.8. The number of rotatable bonds is 3. The maximum atomic E-state index is 12.5. The Bertz CT molecular complexity index is 1010. The van der Waals surface area contributed by atoms with Crippen LogP contribution in [0.1, 0.15) is 0 Å². The Balaban J connectivity index is 1.93. The second kappa shape index (κ2) is 5.62. The molecule has 1 aliphatic rings. The molecule has 4 rings (SSSR count). The summed E-state index contributed by atoms with van der Waals surface area (Å²) in [5.74, 6) is 1.65. The first-order valence-corrected chi connectivity index (χ1v) is 7.43. The molecule has 0 bridgehead atoms. The lowest BCUT2D eigenvalue weighted by atomic mass is 10.1. The summed E-state index contributed by atoms with van der Waals surface area (Å²) in [6, 6.07) is 7.72. The van der Waals surface area contributed by atoms with Gasteiger partial charge in [-0.1, -0.05) is 0 Å². The number of fused-ring (bicyclic) bond motifs is 2. The molecule has 3 aromatic rings. The van der Waals surface area contributed by atoms with Crippen LogP contribution in [-0.2, 0) is 0 Å². The Hall–Kier alpha value is -3.35. The van der Waals surface area contributed by atoms with Gasteiger partial charge in [0.25, 0.3) is 0 Å². The molecule has 0 atom stereocenters. The molecule has 7 nitrogen and oxygen atoms in total. The zero-order valence-electron chi connectivity index (χ0n) is 13.5. The summed E-state index contributed by atoms with van der Waals surface area (Å²) in [6.07, 6.45) is 0. The predicted molar refractivity (Wildman–Crippen MR) is 88.8 cm³/mol. The van der Waals surface area contributed by atoms with E-state index < -0.39 is 0 Å². The largest absolute Gasteiger partial charge is 0.502 e. The highest BCUT2D eigenvalue weighted by Gasteiger charge is 2.19. The predicted octanol–water partition coefficient (Wildman–Crippen LogP) is 2.91. The van der Waals surface area contributed by atoms with E-state index in [0.717, 1.165) is 0 Å². The number of benzene rings is 2. The first-order valence-electron chi connectivity index (χ1n) is 7.43. The van der Waals surface area contributed by atoms with Crippen molar-refractivity contribution in [3.63, 3.8) is 0 Å². The molecule has 0 fully saturated rings. The molecule has 1 aromatic heterocycles. The van der Waals surface area contributed by atoms with Gasteiger partial charge in [-0.15, -0.1) is 0 Å². The van der Waals surface area contributed by atoms with E-state index in [9.17, 15) is 9.90 Å². The van der Waals surface area contributed by atoms with E-state index in [2.05, 4.69) is 0 Å². The monoisotopic (exact) mass is 342 g/mol. The minimum absolute atomic E-state index is 0.110. The van der Waals surface area contributed by atoms with E-state index in [-0.39, 0.29) is 29.5 Å². The van der Waals surface area contributed by atoms with Crippen LogP contribution in [0.2, 0.25) is 0 Å². The number of hydrogen-bond acceptors (Lipinski definition) is 7. The minimum atomic E-state index is -0.222. The Morgan fingerprint density at radius 3 is 2.24 bits per heavy atom. The fraction of sp³-hybridized carbons (Fsp3) is 0.167. The maximum Gasteiger partial charge on any atom is 0.231 e. The van der Waals surface area contributed by atoms with Crippen molar-refractivity contribution in [2.75, 3.05) is 21.0 Å². The number of ether oxygens (including phenoxy) is 4. The SMILES string of the molecule is COc1cc(-c2cc(=O)c3cc4c(cc3o2)OCO4)cc(OC)c1O.